The van der Waals surface area contributed by atoms with Crippen LogP contribution in [0.1, 0.15) is 25.5 Å². The maximum absolute atomic E-state index is 13.3. The molecular formula is C18H20F3N3O. The fourth-order valence-electron chi connectivity index (χ4n) is 3.02. The van der Waals surface area contributed by atoms with Gasteiger partial charge in [-0.15, -0.1) is 0 Å². The Morgan fingerprint density at radius 2 is 2.00 bits per heavy atom. The lowest BCUT2D eigenvalue weighted by Crippen LogP contribution is -2.36. The van der Waals surface area contributed by atoms with Gasteiger partial charge in [0.15, 0.2) is 5.69 Å². The Hall–Kier alpha value is -2.31. The average Bonchev–Trinajstić information content (AvgIpc) is 2.60. The van der Waals surface area contributed by atoms with Crippen LogP contribution in [-0.2, 0) is 6.18 Å². The topological polar surface area (TPSA) is 38.2 Å². The summed E-state index contributed by atoms with van der Waals surface area (Å²) < 4.78 is 45.1. The molecule has 1 aliphatic rings. The number of nitrogens with zero attached hydrogens (tertiary/aromatic N) is 3. The van der Waals surface area contributed by atoms with E-state index in [1.165, 1.54) is 7.11 Å². The lowest BCUT2D eigenvalue weighted by Gasteiger charge is -2.31. The fourth-order valence-corrected chi connectivity index (χ4v) is 3.02. The zero-order valence-corrected chi connectivity index (χ0v) is 14.2. The summed E-state index contributed by atoms with van der Waals surface area (Å²) in [5, 5.41) is 0. The van der Waals surface area contributed by atoms with Gasteiger partial charge in [-0.05, 0) is 37.0 Å². The third-order valence-electron chi connectivity index (χ3n) is 4.31. The minimum atomic E-state index is -4.52. The number of piperidine rings is 1. The lowest BCUT2D eigenvalue weighted by molar-refractivity contribution is -0.141. The Labute approximate surface area is 144 Å². The van der Waals surface area contributed by atoms with Gasteiger partial charge in [-0.3, -0.25) is 0 Å². The number of hydrogen-bond acceptors (Lipinski definition) is 4. The SMILES string of the molecule is COc1cccc(-c2cc(C(F)(F)F)nc(N3CCC[C@H](C)C3)n2)c1. The molecule has 1 fully saturated rings. The van der Waals surface area contributed by atoms with E-state index >= 15 is 0 Å². The average molecular weight is 351 g/mol. The summed E-state index contributed by atoms with van der Waals surface area (Å²) in [6.07, 6.45) is -2.53. The van der Waals surface area contributed by atoms with Gasteiger partial charge in [-0.2, -0.15) is 13.2 Å². The highest BCUT2D eigenvalue weighted by atomic mass is 19.4. The van der Waals surface area contributed by atoms with Crippen LogP contribution in [0.5, 0.6) is 5.75 Å². The molecule has 3 rings (SSSR count). The Kier molecular flexibility index (Phi) is 4.83. The minimum absolute atomic E-state index is 0.138. The van der Waals surface area contributed by atoms with Gasteiger partial charge in [0.25, 0.3) is 0 Å². The smallest absolute Gasteiger partial charge is 0.433 e. The van der Waals surface area contributed by atoms with Gasteiger partial charge >= 0.3 is 6.18 Å². The molecule has 2 heterocycles. The molecule has 1 aromatic carbocycles. The van der Waals surface area contributed by atoms with E-state index < -0.39 is 11.9 Å². The van der Waals surface area contributed by atoms with Crippen LogP contribution in [0.15, 0.2) is 30.3 Å². The number of benzene rings is 1. The number of anilines is 1. The van der Waals surface area contributed by atoms with E-state index in [1.54, 1.807) is 24.3 Å². The summed E-state index contributed by atoms with van der Waals surface area (Å²) in [6.45, 7) is 3.42. The van der Waals surface area contributed by atoms with E-state index in [1.807, 2.05) is 4.90 Å². The summed E-state index contributed by atoms with van der Waals surface area (Å²) in [5.41, 5.74) is -0.110. The number of aromatic nitrogens is 2. The van der Waals surface area contributed by atoms with Crippen LogP contribution in [0.2, 0.25) is 0 Å². The van der Waals surface area contributed by atoms with Crippen molar-refractivity contribution in [1.29, 1.82) is 0 Å². The van der Waals surface area contributed by atoms with E-state index in [9.17, 15) is 13.2 Å². The first kappa shape index (κ1) is 17.5. The summed E-state index contributed by atoms with van der Waals surface area (Å²) >= 11 is 0. The summed E-state index contributed by atoms with van der Waals surface area (Å²) in [4.78, 5) is 10.0. The maximum atomic E-state index is 13.3. The highest BCUT2D eigenvalue weighted by molar-refractivity contribution is 5.63. The molecule has 0 unspecified atom stereocenters. The van der Waals surface area contributed by atoms with Crippen LogP contribution in [0.3, 0.4) is 0 Å². The second-order valence-electron chi connectivity index (χ2n) is 6.36. The van der Waals surface area contributed by atoms with Crippen molar-refractivity contribution in [2.75, 3.05) is 25.1 Å². The van der Waals surface area contributed by atoms with E-state index in [0.717, 1.165) is 18.9 Å². The van der Waals surface area contributed by atoms with Gasteiger partial charge in [-0.25, -0.2) is 9.97 Å². The molecule has 0 saturated carbocycles. The summed E-state index contributed by atoms with van der Waals surface area (Å²) in [6, 6.07) is 7.85. The third-order valence-corrected chi connectivity index (χ3v) is 4.31. The molecule has 7 heteroatoms. The molecule has 1 aliphatic heterocycles. The minimum Gasteiger partial charge on any atom is -0.497 e. The van der Waals surface area contributed by atoms with E-state index in [2.05, 4.69) is 16.9 Å². The maximum Gasteiger partial charge on any atom is 0.433 e. The Balaban J connectivity index is 2.06. The largest absolute Gasteiger partial charge is 0.497 e. The molecule has 0 N–H and O–H groups in total. The highest BCUT2D eigenvalue weighted by Gasteiger charge is 2.34. The molecule has 134 valence electrons. The number of methoxy groups -OCH3 is 1. The first-order valence-corrected chi connectivity index (χ1v) is 8.22. The van der Waals surface area contributed by atoms with Crippen LogP contribution in [0.4, 0.5) is 19.1 Å². The van der Waals surface area contributed by atoms with Crippen LogP contribution >= 0.6 is 0 Å². The molecule has 2 aromatic rings. The molecule has 0 bridgehead atoms. The standard InChI is InChI=1S/C18H20F3N3O/c1-12-5-4-8-24(11-12)17-22-15(10-16(23-17)18(19,20)21)13-6-3-7-14(9-13)25-2/h3,6-7,9-10,12H,4-5,8,11H2,1-2H3/t12-/m0/s1. The van der Waals surface area contributed by atoms with Gasteiger partial charge in [-0.1, -0.05) is 19.1 Å². The van der Waals surface area contributed by atoms with Crippen molar-refractivity contribution in [1.82, 2.24) is 9.97 Å². The highest BCUT2D eigenvalue weighted by Crippen LogP contribution is 2.33. The van der Waals surface area contributed by atoms with Gasteiger partial charge in [0, 0.05) is 18.7 Å². The predicted octanol–water partition coefficient (Wildman–Crippen LogP) is 4.41. The Morgan fingerprint density at radius 3 is 2.68 bits per heavy atom. The number of ether oxygens (including phenoxy) is 1. The number of rotatable bonds is 3. The van der Waals surface area contributed by atoms with Crippen molar-refractivity contribution < 1.29 is 17.9 Å². The first-order chi connectivity index (χ1) is 11.9. The van der Waals surface area contributed by atoms with E-state index in [-0.39, 0.29) is 11.6 Å². The molecular weight excluding hydrogens is 331 g/mol. The first-order valence-electron chi connectivity index (χ1n) is 8.22. The second kappa shape index (κ2) is 6.90. The Morgan fingerprint density at radius 1 is 1.20 bits per heavy atom. The van der Waals surface area contributed by atoms with Gasteiger partial charge in [0.1, 0.15) is 5.75 Å². The third kappa shape index (κ3) is 4.03. The van der Waals surface area contributed by atoms with Crippen molar-refractivity contribution in [3.63, 3.8) is 0 Å². The quantitative estimate of drug-likeness (QED) is 0.821. The van der Waals surface area contributed by atoms with E-state index in [4.69, 9.17) is 4.74 Å². The number of hydrogen-bond donors (Lipinski definition) is 0. The van der Waals surface area contributed by atoms with Crippen molar-refractivity contribution in [3.8, 4) is 17.0 Å². The second-order valence-corrected chi connectivity index (χ2v) is 6.36. The van der Waals surface area contributed by atoms with Crippen LogP contribution in [-0.4, -0.2) is 30.2 Å². The van der Waals surface area contributed by atoms with Crippen molar-refractivity contribution in [2.45, 2.75) is 25.9 Å². The molecule has 1 aromatic heterocycles. The molecule has 0 aliphatic carbocycles. The number of halogens is 3. The van der Waals surface area contributed by atoms with Gasteiger partial charge in [0.2, 0.25) is 5.95 Å². The molecule has 0 spiro atoms. The predicted molar refractivity (Wildman–Crippen MR) is 89.6 cm³/mol. The van der Waals surface area contributed by atoms with Crippen molar-refractivity contribution in [2.24, 2.45) is 5.92 Å². The fraction of sp³-hybridized carbons (Fsp3) is 0.444. The number of alkyl halides is 3. The molecule has 0 amide bonds. The Bertz CT molecular complexity index is 749. The zero-order valence-electron chi connectivity index (χ0n) is 14.2. The summed E-state index contributed by atoms with van der Waals surface area (Å²) in [5.74, 6) is 1.11. The van der Waals surface area contributed by atoms with Gasteiger partial charge in [0.05, 0.1) is 12.8 Å². The van der Waals surface area contributed by atoms with Crippen LogP contribution in [0.25, 0.3) is 11.3 Å². The summed E-state index contributed by atoms with van der Waals surface area (Å²) in [7, 11) is 1.51. The van der Waals surface area contributed by atoms with Crippen LogP contribution in [0, 0.1) is 5.92 Å². The molecule has 25 heavy (non-hydrogen) atoms. The van der Waals surface area contributed by atoms with Gasteiger partial charge < -0.3 is 9.64 Å². The van der Waals surface area contributed by atoms with Crippen molar-refractivity contribution >= 4 is 5.95 Å². The van der Waals surface area contributed by atoms with Crippen LogP contribution < -0.4 is 9.64 Å². The monoisotopic (exact) mass is 351 g/mol. The normalized spacial score (nSPS) is 18.3. The molecule has 0 radical (unpaired) electrons. The van der Waals surface area contributed by atoms with Crippen molar-refractivity contribution in [3.05, 3.63) is 36.0 Å². The zero-order chi connectivity index (χ0) is 18.0. The molecule has 4 nitrogen and oxygen atoms in total. The molecule has 1 saturated heterocycles. The molecule has 1 atom stereocenters. The van der Waals surface area contributed by atoms with E-state index in [0.29, 0.717) is 30.3 Å². The lowest BCUT2D eigenvalue weighted by atomic mass is 10.0.